The van der Waals surface area contributed by atoms with Gasteiger partial charge >= 0.3 is 0 Å². The van der Waals surface area contributed by atoms with E-state index in [0.717, 1.165) is 11.4 Å². The summed E-state index contributed by atoms with van der Waals surface area (Å²) < 4.78 is 0. The van der Waals surface area contributed by atoms with Crippen LogP contribution in [0.3, 0.4) is 0 Å². The van der Waals surface area contributed by atoms with Crippen LogP contribution < -0.4 is 16.2 Å². The fraction of sp³-hybridized carbons (Fsp3) is 0.267. The molecule has 0 bridgehead atoms. The Balaban J connectivity index is 2.36. The summed E-state index contributed by atoms with van der Waals surface area (Å²) in [5, 5.41) is 0. The molecule has 2 rings (SSSR count). The third kappa shape index (κ3) is 3.35. The maximum absolute atomic E-state index is 12.6. The minimum atomic E-state index is -0.135. The Morgan fingerprint density at radius 1 is 1.38 bits per heavy atom. The van der Waals surface area contributed by atoms with Crippen molar-refractivity contribution in [3.05, 3.63) is 47.9 Å². The SMILES string of the molecule is CC(C)c1cc(C(=O)N(C)c2cccnc2)cc(NN)n1. The fourth-order valence-electron chi connectivity index (χ4n) is 1.91. The van der Waals surface area contributed by atoms with Gasteiger partial charge in [0.2, 0.25) is 0 Å². The molecule has 2 heterocycles. The summed E-state index contributed by atoms with van der Waals surface area (Å²) in [6.45, 7) is 4.03. The van der Waals surface area contributed by atoms with Crippen LogP contribution in [0.2, 0.25) is 0 Å². The molecule has 0 radical (unpaired) electrons. The highest BCUT2D eigenvalue weighted by Crippen LogP contribution is 2.20. The van der Waals surface area contributed by atoms with E-state index in [1.54, 1.807) is 42.5 Å². The molecule has 0 unspecified atom stereocenters. The highest BCUT2D eigenvalue weighted by molar-refractivity contribution is 6.06. The average Bonchev–Trinajstić information content (AvgIpc) is 2.53. The number of amides is 1. The summed E-state index contributed by atoms with van der Waals surface area (Å²) >= 11 is 0. The van der Waals surface area contributed by atoms with Crippen molar-refractivity contribution in [2.45, 2.75) is 19.8 Å². The standard InChI is InChI=1S/C15H19N5O/c1-10(2)13-7-11(8-14(18-13)19-16)15(21)20(3)12-5-4-6-17-9-12/h4-10H,16H2,1-3H3,(H,18,19). The summed E-state index contributed by atoms with van der Waals surface area (Å²) in [7, 11) is 1.71. The van der Waals surface area contributed by atoms with Gasteiger partial charge in [-0.1, -0.05) is 13.8 Å². The third-order valence-electron chi connectivity index (χ3n) is 3.17. The number of anilines is 2. The zero-order chi connectivity index (χ0) is 15.4. The van der Waals surface area contributed by atoms with Gasteiger partial charge in [0.05, 0.1) is 11.9 Å². The Morgan fingerprint density at radius 3 is 2.71 bits per heavy atom. The lowest BCUT2D eigenvalue weighted by Gasteiger charge is -2.18. The summed E-state index contributed by atoms with van der Waals surface area (Å²) in [5.41, 5.74) is 4.58. The lowest BCUT2D eigenvalue weighted by molar-refractivity contribution is 0.0992. The van der Waals surface area contributed by atoms with Crippen molar-refractivity contribution in [2.75, 3.05) is 17.4 Å². The molecule has 0 spiro atoms. The van der Waals surface area contributed by atoms with Gasteiger partial charge in [-0.05, 0) is 30.2 Å². The second-order valence-electron chi connectivity index (χ2n) is 5.04. The van der Waals surface area contributed by atoms with Gasteiger partial charge in [-0.25, -0.2) is 10.8 Å². The second-order valence-corrected chi connectivity index (χ2v) is 5.04. The summed E-state index contributed by atoms with van der Waals surface area (Å²) in [4.78, 5) is 22.5. The van der Waals surface area contributed by atoms with Crippen molar-refractivity contribution in [2.24, 2.45) is 5.84 Å². The summed E-state index contributed by atoms with van der Waals surface area (Å²) in [6.07, 6.45) is 3.31. The molecule has 3 N–H and O–H groups in total. The molecule has 2 aromatic heterocycles. The van der Waals surface area contributed by atoms with Crippen LogP contribution in [0.5, 0.6) is 0 Å². The molecular formula is C15H19N5O. The number of nitrogen functional groups attached to an aromatic ring is 1. The van der Waals surface area contributed by atoms with E-state index in [2.05, 4.69) is 15.4 Å². The van der Waals surface area contributed by atoms with Crippen LogP contribution in [0.25, 0.3) is 0 Å². The number of nitrogens with two attached hydrogens (primary N) is 1. The van der Waals surface area contributed by atoms with Crippen LogP contribution in [0.15, 0.2) is 36.7 Å². The first-order chi connectivity index (χ1) is 10.0. The van der Waals surface area contributed by atoms with E-state index in [4.69, 9.17) is 5.84 Å². The molecule has 0 aromatic carbocycles. The minimum absolute atomic E-state index is 0.135. The van der Waals surface area contributed by atoms with Crippen LogP contribution in [0.4, 0.5) is 11.5 Å². The highest BCUT2D eigenvalue weighted by atomic mass is 16.2. The normalized spacial score (nSPS) is 10.5. The maximum Gasteiger partial charge on any atom is 0.258 e. The molecule has 0 atom stereocenters. The Morgan fingerprint density at radius 2 is 2.14 bits per heavy atom. The van der Waals surface area contributed by atoms with E-state index in [1.165, 1.54) is 0 Å². The molecular weight excluding hydrogens is 266 g/mol. The summed E-state index contributed by atoms with van der Waals surface area (Å²) in [5.74, 6) is 5.97. The van der Waals surface area contributed by atoms with Gasteiger partial charge in [-0.3, -0.25) is 9.78 Å². The van der Waals surface area contributed by atoms with E-state index in [1.807, 2.05) is 19.9 Å². The molecule has 0 aliphatic rings. The van der Waals surface area contributed by atoms with Crippen molar-refractivity contribution in [3.8, 4) is 0 Å². The predicted molar refractivity (Wildman–Crippen MR) is 83.1 cm³/mol. The van der Waals surface area contributed by atoms with E-state index >= 15 is 0 Å². The Bertz CT molecular complexity index is 627. The fourth-order valence-corrected chi connectivity index (χ4v) is 1.91. The number of carbonyl (C=O) groups is 1. The quantitative estimate of drug-likeness (QED) is 0.664. The van der Waals surface area contributed by atoms with E-state index in [0.29, 0.717) is 11.4 Å². The number of hydrogen-bond donors (Lipinski definition) is 2. The van der Waals surface area contributed by atoms with Crippen LogP contribution >= 0.6 is 0 Å². The summed E-state index contributed by atoms with van der Waals surface area (Å²) in [6, 6.07) is 7.05. The molecule has 0 aliphatic carbocycles. The molecule has 2 aromatic rings. The van der Waals surface area contributed by atoms with Crippen molar-refractivity contribution in [1.29, 1.82) is 0 Å². The largest absolute Gasteiger partial charge is 0.310 e. The lowest BCUT2D eigenvalue weighted by atomic mass is 10.1. The minimum Gasteiger partial charge on any atom is -0.310 e. The number of aromatic nitrogens is 2. The number of rotatable bonds is 4. The number of hydrogen-bond acceptors (Lipinski definition) is 5. The van der Waals surface area contributed by atoms with Gasteiger partial charge in [0.25, 0.3) is 5.91 Å². The first-order valence-corrected chi connectivity index (χ1v) is 6.69. The molecule has 110 valence electrons. The molecule has 0 saturated heterocycles. The number of nitrogens with zero attached hydrogens (tertiary/aromatic N) is 3. The zero-order valence-electron chi connectivity index (χ0n) is 12.4. The number of nitrogens with one attached hydrogen (secondary N) is 1. The van der Waals surface area contributed by atoms with E-state index in [-0.39, 0.29) is 11.8 Å². The first-order valence-electron chi connectivity index (χ1n) is 6.69. The topological polar surface area (TPSA) is 84.1 Å². The molecule has 21 heavy (non-hydrogen) atoms. The van der Waals surface area contributed by atoms with Crippen LogP contribution in [-0.4, -0.2) is 22.9 Å². The van der Waals surface area contributed by atoms with Crippen LogP contribution in [-0.2, 0) is 0 Å². The highest BCUT2D eigenvalue weighted by Gasteiger charge is 2.16. The van der Waals surface area contributed by atoms with Gasteiger partial charge < -0.3 is 10.3 Å². The molecule has 6 heteroatoms. The van der Waals surface area contributed by atoms with Crippen LogP contribution in [0, 0.1) is 0 Å². The number of carbonyl (C=O) groups excluding carboxylic acids is 1. The molecule has 0 saturated carbocycles. The smallest absolute Gasteiger partial charge is 0.258 e. The number of pyridine rings is 2. The monoisotopic (exact) mass is 285 g/mol. The number of hydrazine groups is 1. The Hall–Kier alpha value is -2.47. The van der Waals surface area contributed by atoms with Crippen LogP contribution in [0.1, 0.15) is 35.8 Å². The average molecular weight is 285 g/mol. The van der Waals surface area contributed by atoms with Gasteiger partial charge in [0.1, 0.15) is 5.82 Å². The van der Waals surface area contributed by atoms with E-state index in [9.17, 15) is 4.79 Å². The molecule has 1 amide bonds. The molecule has 0 aliphatic heterocycles. The van der Waals surface area contributed by atoms with Gasteiger partial charge in [0, 0.05) is 24.5 Å². The van der Waals surface area contributed by atoms with Crippen molar-refractivity contribution < 1.29 is 4.79 Å². The van der Waals surface area contributed by atoms with Gasteiger partial charge in [-0.2, -0.15) is 0 Å². The lowest BCUT2D eigenvalue weighted by Crippen LogP contribution is -2.27. The van der Waals surface area contributed by atoms with Gasteiger partial charge in [0.15, 0.2) is 0 Å². The van der Waals surface area contributed by atoms with Crippen molar-refractivity contribution in [3.63, 3.8) is 0 Å². The maximum atomic E-state index is 12.6. The van der Waals surface area contributed by atoms with Crippen molar-refractivity contribution in [1.82, 2.24) is 9.97 Å². The van der Waals surface area contributed by atoms with E-state index < -0.39 is 0 Å². The molecule has 6 nitrogen and oxygen atoms in total. The Kier molecular flexibility index (Phi) is 4.49. The Labute approximate surface area is 124 Å². The zero-order valence-corrected chi connectivity index (χ0v) is 12.4. The third-order valence-corrected chi connectivity index (χ3v) is 3.17. The van der Waals surface area contributed by atoms with Gasteiger partial charge in [-0.15, -0.1) is 0 Å². The molecule has 0 fully saturated rings. The second kappa shape index (κ2) is 6.32. The first kappa shape index (κ1) is 14.9. The predicted octanol–water partition coefficient (Wildman–Crippen LogP) is 2.16. The van der Waals surface area contributed by atoms with Crippen molar-refractivity contribution >= 4 is 17.4 Å².